The van der Waals surface area contributed by atoms with Gasteiger partial charge in [-0.3, -0.25) is 4.90 Å². The summed E-state index contributed by atoms with van der Waals surface area (Å²) in [6.07, 6.45) is 1.49. The molecule has 0 aromatic heterocycles. The van der Waals surface area contributed by atoms with Crippen LogP contribution in [0.4, 0.5) is 0 Å². The topological polar surface area (TPSA) is 3.01 Å². The number of rotatable bonds is 0. The van der Waals surface area contributed by atoms with Crippen molar-refractivity contribution in [3.63, 3.8) is 0 Å². The third kappa shape index (κ3) is 0.752. The van der Waals surface area contributed by atoms with Crippen molar-refractivity contribution in [2.45, 2.75) is 26.3 Å². The molecule has 3 rings (SSSR count). The van der Waals surface area contributed by atoms with E-state index in [4.69, 9.17) is 0 Å². The molecule has 0 N–H and O–H groups in total. The summed E-state index contributed by atoms with van der Waals surface area (Å²) in [5.41, 5.74) is 0. The first-order valence-electron chi connectivity index (χ1n) is 5.03. The summed E-state index contributed by atoms with van der Waals surface area (Å²) in [7, 11) is 0. The third-order valence-electron chi connectivity index (χ3n) is 4.36. The van der Waals surface area contributed by atoms with Crippen LogP contribution in [0.25, 0.3) is 0 Å². The van der Waals surface area contributed by atoms with E-state index in [1.165, 1.54) is 19.5 Å². The summed E-state index contributed by atoms with van der Waals surface area (Å²) in [5.74, 6) is 4.29. The third-order valence-corrected chi connectivity index (χ3v) is 4.36. The van der Waals surface area contributed by atoms with Crippen molar-refractivity contribution >= 4 is 0 Å². The second-order valence-corrected chi connectivity index (χ2v) is 4.81. The fourth-order valence-electron chi connectivity index (χ4n) is 3.42. The second-order valence-electron chi connectivity index (χ2n) is 4.81. The Labute approximate surface area is 68.8 Å². The van der Waals surface area contributed by atoms with Crippen LogP contribution in [0.2, 0.25) is 0 Å². The first-order chi connectivity index (χ1) is 5.29. The normalized spacial score (nSPS) is 66.0. The van der Waals surface area contributed by atoms with Gasteiger partial charge in [0, 0.05) is 12.6 Å². The molecule has 2 aliphatic heterocycles. The zero-order valence-electron chi connectivity index (χ0n) is 7.46. The van der Waals surface area contributed by atoms with Crippen molar-refractivity contribution in [3.8, 4) is 0 Å². The van der Waals surface area contributed by atoms with Gasteiger partial charge >= 0.3 is 0 Å². The molecule has 0 aromatic rings. The lowest BCUT2D eigenvalue weighted by atomic mass is 10.00. The molecule has 1 heteroatoms. The summed E-state index contributed by atoms with van der Waals surface area (Å²) in [6.45, 7) is 7.73. The Morgan fingerprint density at radius 1 is 1.18 bits per heavy atom. The van der Waals surface area contributed by atoms with E-state index in [1.807, 2.05) is 0 Å². The highest BCUT2D eigenvalue weighted by atomic mass is 15.3. The van der Waals surface area contributed by atoms with E-state index < -0.39 is 0 Å². The van der Waals surface area contributed by atoms with Crippen LogP contribution in [0.1, 0.15) is 20.3 Å². The van der Waals surface area contributed by atoms with Gasteiger partial charge in [0.1, 0.15) is 0 Å². The van der Waals surface area contributed by atoms with E-state index >= 15 is 0 Å². The molecule has 3 fully saturated rings. The summed E-state index contributed by atoms with van der Waals surface area (Å²) < 4.78 is 0. The second kappa shape index (κ2) is 1.82. The van der Waals surface area contributed by atoms with Crippen molar-refractivity contribution in [1.29, 1.82) is 0 Å². The molecule has 0 bridgehead atoms. The van der Waals surface area contributed by atoms with Gasteiger partial charge in [0.05, 0.1) is 0 Å². The Morgan fingerprint density at radius 2 is 2.00 bits per heavy atom. The van der Waals surface area contributed by atoms with Crippen LogP contribution < -0.4 is 0 Å². The molecule has 1 nitrogen and oxygen atoms in total. The average Bonchev–Trinajstić information content (AvgIpc) is 2.77. The highest BCUT2D eigenvalue weighted by molar-refractivity contribution is 5.08. The van der Waals surface area contributed by atoms with Crippen LogP contribution in [-0.2, 0) is 0 Å². The molecule has 0 aromatic carbocycles. The monoisotopic (exact) mass is 151 g/mol. The minimum absolute atomic E-state index is 0.995. The smallest absolute Gasteiger partial charge is 0.0252 e. The molecule has 2 heterocycles. The largest absolute Gasteiger partial charge is 0.297 e. The Kier molecular flexibility index (Phi) is 1.07. The lowest BCUT2D eigenvalue weighted by molar-refractivity contribution is 0.406. The lowest BCUT2D eigenvalue weighted by Gasteiger charge is -2.07. The zero-order chi connectivity index (χ0) is 7.59. The Balaban J connectivity index is 1.81. The van der Waals surface area contributed by atoms with E-state index in [0.29, 0.717) is 0 Å². The Morgan fingerprint density at radius 3 is 2.82 bits per heavy atom. The fourth-order valence-corrected chi connectivity index (χ4v) is 3.42. The maximum atomic E-state index is 2.66. The Bertz CT molecular complexity index is 187. The molecule has 6 atom stereocenters. The van der Waals surface area contributed by atoms with Crippen LogP contribution in [0.3, 0.4) is 0 Å². The van der Waals surface area contributed by atoms with Crippen LogP contribution in [0.15, 0.2) is 0 Å². The minimum atomic E-state index is 0.995. The quantitative estimate of drug-likeness (QED) is 0.475. The number of fused-ring (bicyclic) bond motifs is 2. The van der Waals surface area contributed by atoms with E-state index in [0.717, 1.165) is 29.7 Å². The number of hydrogen-bond donors (Lipinski definition) is 0. The Hall–Kier alpha value is -0.0400. The standard InChI is InChI=1S/C10H17N/c1-6-8-3-4-11-5-9(11)7(2)10(6)8/h6-10H,3-5H2,1-2H3/t6-,7+,8+,9-,10?,11?/m0/s1. The number of hydrogen-bond acceptors (Lipinski definition) is 1. The van der Waals surface area contributed by atoms with E-state index in [1.54, 1.807) is 0 Å². The van der Waals surface area contributed by atoms with Gasteiger partial charge in [-0.25, -0.2) is 0 Å². The van der Waals surface area contributed by atoms with Gasteiger partial charge in [0.2, 0.25) is 0 Å². The fraction of sp³-hybridized carbons (Fsp3) is 1.00. The molecule has 2 unspecified atom stereocenters. The average molecular weight is 151 g/mol. The molecule has 0 radical (unpaired) electrons. The van der Waals surface area contributed by atoms with E-state index in [-0.39, 0.29) is 0 Å². The first kappa shape index (κ1) is 6.47. The summed E-state index contributed by atoms with van der Waals surface area (Å²) in [6, 6.07) is 0.995. The van der Waals surface area contributed by atoms with Gasteiger partial charge in [-0.15, -0.1) is 0 Å². The van der Waals surface area contributed by atoms with Crippen molar-refractivity contribution in [2.24, 2.45) is 23.7 Å². The molecule has 2 saturated heterocycles. The molecular formula is C10H17N. The van der Waals surface area contributed by atoms with Crippen LogP contribution in [0, 0.1) is 23.7 Å². The summed E-state index contributed by atoms with van der Waals surface area (Å²) in [4.78, 5) is 2.66. The summed E-state index contributed by atoms with van der Waals surface area (Å²) >= 11 is 0. The van der Waals surface area contributed by atoms with E-state index in [9.17, 15) is 0 Å². The predicted molar refractivity (Wildman–Crippen MR) is 45.3 cm³/mol. The maximum Gasteiger partial charge on any atom is 0.0252 e. The molecular weight excluding hydrogens is 134 g/mol. The van der Waals surface area contributed by atoms with E-state index in [2.05, 4.69) is 18.7 Å². The minimum Gasteiger partial charge on any atom is -0.297 e. The molecule has 62 valence electrons. The molecule has 3 aliphatic rings. The van der Waals surface area contributed by atoms with Crippen LogP contribution >= 0.6 is 0 Å². The SMILES string of the molecule is C[C@@H]1C2[C@H](C)[C@@H]3CN3CC[C@@H]21. The molecule has 11 heavy (non-hydrogen) atoms. The molecule has 1 saturated carbocycles. The van der Waals surface area contributed by atoms with Crippen molar-refractivity contribution in [2.75, 3.05) is 13.1 Å². The van der Waals surface area contributed by atoms with Crippen molar-refractivity contribution in [3.05, 3.63) is 0 Å². The van der Waals surface area contributed by atoms with Crippen molar-refractivity contribution in [1.82, 2.24) is 4.90 Å². The molecule has 0 spiro atoms. The highest BCUT2D eigenvalue weighted by Crippen LogP contribution is 2.57. The van der Waals surface area contributed by atoms with Crippen LogP contribution in [-0.4, -0.2) is 24.0 Å². The van der Waals surface area contributed by atoms with Gasteiger partial charge in [0.25, 0.3) is 0 Å². The van der Waals surface area contributed by atoms with Gasteiger partial charge in [0.15, 0.2) is 0 Å². The van der Waals surface area contributed by atoms with Gasteiger partial charge in [-0.05, 0) is 36.6 Å². The highest BCUT2D eigenvalue weighted by Gasteiger charge is 2.57. The van der Waals surface area contributed by atoms with Gasteiger partial charge in [-0.2, -0.15) is 0 Å². The maximum absolute atomic E-state index is 2.66. The van der Waals surface area contributed by atoms with Gasteiger partial charge < -0.3 is 0 Å². The summed E-state index contributed by atoms with van der Waals surface area (Å²) in [5, 5.41) is 0. The zero-order valence-corrected chi connectivity index (χ0v) is 7.46. The number of nitrogens with zero attached hydrogens (tertiary/aromatic N) is 1. The lowest BCUT2D eigenvalue weighted by Crippen LogP contribution is -2.11. The van der Waals surface area contributed by atoms with Crippen LogP contribution in [0.5, 0.6) is 0 Å². The molecule has 0 amide bonds. The first-order valence-corrected chi connectivity index (χ1v) is 5.03. The van der Waals surface area contributed by atoms with Crippen molar-refractivity contribution < 1.29 is 0 Å². The predicted octanol–water partition coefficient (Wildman–Crippen LogP) is 1.59. The molecule has 1 aliphatic carbocycles. The van der Waals surface area contributed by atoms with Gasteiger partial charge in [-0.1, -0.05) is 13.8 Å².